The predicted molar refractivity (Wildman–Crippen MR) is 150 cm³/mol. The number of ketones is 1. The molecule has 1 amide bonds. The molecule has 1 saturated heterocycles. The molecule has 0 unspecified atom stereocenters. The monoisotopic (exact) mass is 518 g/mol. The Hall–Kier alpha value is -4.71. The van der Waals surface area contributed by atoms with E-state index in [1.165, 1.54) is 4.90 Å². The number of benzene rings is 3. The summed E-state index contributed by atoms with van der Waals surface area (Å²) < 4.78 is 5.93. The van der Waals surface area contributed by atoms with Crippen LogP contribution in [0.25, 0.3) is 5.76 Å². The molecule has 0 aliphatic carbocycles. The van der Waals surface area contributed by atoms with Crippen molar-refractivity contribution in [1.82, 2.24) is 9.88 Å². The lowest BCUT2D eigenvalue weighted by Crippen LogP contribution is -2.29. The van der Waals surface area contributed by atoms with Crippen LogP contribution in [0.2, 0.25) is 0 Å². The van der Waals surface area contributed by atoms with E-state index in [2.05, 4.69) is 11.9 Å². The largest absolute Gasteiger partial charge is 0.507 e. The number of Topliss-reactive ketones (excluding diaryl/α,β-unsaturated/α-hetero) is 1. The molecular formula is C33H30N2O4. The molecule has 6 nitrogen and oxygen atoms in total. The molecular weight excluding hydrogens is 488 g/mol. The van der Waals surface area contributed by atoms with Crippen molar-refractivity contribution in [3.8, 4) is 5.75 Å². The smallest absolute Gasteiger partial charge is 0.295 e. The zero-order chi connectivity index (χ0) is 27.4. The van der Waals surface area contributed by atoms with E-state index in [0.29, 0.717) is 17.9 Å². The number of nitrogens with zero attached hydrogens (tertiary/aromatic N) is 2. The number of pyridine rings is 1. The van der Waals surface area contributed by atoms with E-state index in [9.17, 15) is 14.7 Å². The van der Waals surface area contributed by atoms with Crippen LogP contribution >= 0.6 is 0 Å². The Morgan fingerprint density at radius 2 is 1.67 bits per heavy atom. The van der Waals surface area contributed by atoms with E-state index in [-0.39, 0.29) is 17.9 Å². The van der Waals surface area contributed by atoms with Crippen LogP contribution in [0.1, 0.15) is 46.3 Å². The van der Waals surface area contributed by atoms with Crippen molar-refractivity contribution < 1.29 is 19.4 Å². The second kappa shape index (κ2) is 11.4. The first-order valence-electron chi connectivity index (χ1n) is 13.0. The molecule has 5 rings (SSSR count). The summed E-state index contributed by atoms with van der Waals surface area (Å²) in [5.74, 6) is -0.898. The number of carbonyl (C=O) groups excluding carboxylic acids is 2. The van der Waals surface area contributed by atoms with Crippen LogP contribution in [0.5, 0.6) is 5.75 Å². The first-order valence-corrected chi connectivity index (χ1v) is 13.0. The molecule has 0 radical (unpaired) electrons. The van der Waals surface area contributed by atoms with Gasteiger partial charge in [-0.3, -0.25) is 14.6 Å². The van der Waals surface area contributed by atoms with Crippen molar-refractivity contribution in [2.24, 2.45) is 0 Å². The van der Waals surface area contributed by atoms with Gasteiger partial charge in [-0.05, 0) is 65.4 Å². The van der Waals surface area contributed by atoms with Gasteiger partial charge in [-0.1, -0.05) is 67.6 Å². The maximum absolute atomic E-state index is 13.4. The molecule has 196 valence electrons. The number of hydrogen-bond donors (Lipinski definition) is 1. The highest BCUT2D eigenvalue weighted by Gasteiger charge is 2.46. The lowest BCUT2D eigenvalue weighted by Gasteiger charge is -2.25. The van der Waals surface area contributed by atoms with Crippen LogP contribution in [-0.4, -0.2) is 26.7 Å². The van der Waals surface area contributed by atoms with Crippen molar-refractivity contribution in [1.29, 1.82) is 0 Å². The first kappa shape index (κ1) is 25.9. The van der Waals surface area contributed by atoms with Gasteiger partial charge in [-0.25, -0.2) is 0 Å². The van der Waals surface area contributed by atoms with Crippen LogP contribution in [0.4, 0.5) is 0 Å². The number of ether oxygens (including phenoxy) is 1. The summed E-state index contributed by atoms with van der Waals surface area (Å²) in [6.45, 7) is 4.53. The normalized spacial score (nSPS) is 16.5. The maximum Gasteiger partial charge on any atom is 0.295 e. The molecule has 3 aromatic carbocycles. The van der Waals surface area contributed by atoms with Gasteiger partial charge in [-0.15, -0.1) is 0 Å². The molecule has 39 heavy (non-hydrogen) atoms. The fraction of sp³-hybridized carbons (Fsp3) is 0.182. The lowest BCUT2D eigenvalue weighted by atomic mass is 9.93. The summed E-state index contributed by atoms with van der Waals surface area (Å²) in [6.07, 6.45) is 4.21. The van der Waals surface area contributed by atoms with Crippen LogP contribution in [-0.2, 0) is 29.2 Å². The van der Waals surface area contributed by atoms with Gasteiger partial charge in [0.15, 0.2) is 0 Å². The Kier molecular flexibility index (Phi) is 7.55. The third kappa shape index (κ3) is 5.46. The van der Waals surface area contributed by atoms with E-state index < -0.39 is 17.7 Å². The average molecular weight is 519 g/mol. The van der Waals surface area contributed by atoms with E-state index in [1.807, 2.05) is 73.7 Å². The quantitative estimate of drug-likeness (QED) is 0.172. The summed E-state index contributed by atoms with van der Waals surface area (Å²) in [5, 5.41) is 11.5. The van der Waals surface area contributed by atoms with Gasteiger partial charge in [-0.2, -0.15) is 0 Å². The fourth-order valence-electron chi connectivity index (χ4n) is 4.89. The number of carbonyl (C=O) groups is 2. The van der Waals surface area contributed by atoms with Gasteiger partial charge in [0.05, 0.1) is 11.6 Å². The molecule has 1 fully saturated rings. The number of likely N-dealkylation sites (tertiary alicyclic amines) is 1. The van der Waals surface area contributed by atoms with E-state index in [1.54, 1.807) is 30.6 Å². The zero-order valence-corrected chi connectivity index (χ0v) is 22.0. The molecule has 1 atom stereocenters. The molecule has 4 aromatic rings. The van der Waals surface area contributed by atoms with Crippen LogP contribution in [0.15, 0.2) is 103 Å². The Balaban J connectivity index is 1.52. The minimum atomic E-state index is -0.732. The number of hydrogen-bond acceptors (Lipinski definition) is 5. The molecule has 0 spiro atoms. The summed E-state index contributed by atoms with van der Waals surface area (Å²) in [7, 11) is 0. The highest BCUT2D eigenvalue weighted by Crippen LogP contribution is 2.41. The standard InChI is InChI=1S/C33H30N2O4/c1-3-23-11-13-26(14-12-23)30-29(32(37)33(38)35(30)20-25-10-7-17-34-19-25)31(36)28-16-15-27(18-22(28)2)39-21-24-8-5-4-6-9-24/h4-19,30,36H,3,20-21H2,1-2H3/t30-/m0/s1. The highest BCUT2D eigenvalue weighted by atomic mass is 16.5. The van der Waals surface area contributed by atoms with E-state index >= 15 is 0 Å². The van der Waals surface area contributed by atoms with Gasteiger partial charge in [0, 0.05) is 24.5 Å². The third-order valence-electron chi connectivity index (χ3n) is 7.02. The molecule has 1 aliphatic heterocycles. The van der Waals surface area contributed by atoms with Crippen LogP contribution < -0.4 is 4.74 Å². The molecule has 1 aliphatic rings. The third-order valence-corrected chi connectivity index (χ3v) is 7.02. The Labute approximate surface area is 228 Å². The Bertz CT molecular complexity index is 1510. The number of amides is 1. The van der Waals surface area contributed by atoms with E-state index in [4.69, 9.17) is 4.74 Å². The average Bonchev–Trinajstić information content (AvgIpc) is 3.22. The van der Waals surface area contributed by atoms with Crippen molar-refractivity contribution in [3.05, 3.63) is 136 Å². The van der Waals surface area contributed by atoms with Crippen LogP contribution in [0, 0.1) is 6.92 Å². The summed E-state index contributed by atoms with van der Waals surface area (Å²) in [5.41, 5.74) is 5.04. The van der Waals surface area contributed by atoms with Gasteiger partial charge < -0.3 is 14.7 Å². The van der Waals surface area contributed by atoms with Gasteiger partial charge >= 0.3 is 0 Å². The zero-order valence-electron chi connectivity index (χ0n) is 22.0. The molecule has 0 saturated carbocycles. The molecule has 1 aromatic heterocycles. The molecule has 2 heterocycles. The topological polar surface area (TPSA) is 79.7 Å². The minimum absolute atomic E-state index is 0.0780. The van der Waals surface area contributed by atoms with Gasteiger partial charge in [0.1, 0.15) is 18.1 Å². The van der Waals surface area contributed by atoms with Gasteiger partial charge in [0.25, 0.3) is 11.7 Å². The fourth-order valence-corrected chi connectivity index (χ4v) is 4.89. The van der Waals surface area contributed by atoms with Crippen LogP contribution in [0.3, 0.4) is 0 Å². The lowest BCUT2D eigenvalue weighted by molar-refractivity contribution is -0.140. The summed E-state index contributed by atoms with van der Waals surface area (Å²) in [4.78, 5) is 32.4. The molecule has 6 heteroatoms. The van der Waals surface area contributed by atoms with Crippen molar-refractivity contribution >= 4 is 17.4 Å². The van der Waals surface area contributed by atoms with Crippen molar-refractivity contribution in [2.75, 3.05) is 0 Å². The number of aliphatic hydroxyl groups is 1. The van der Waals surface area contributed by atoms with Crippen molar-refractivity contribution in [2.45, 2.75) is 39.5 Å². The summed E-state index contributed by atoms with van der Waals surface area (Å²) in [6, 6.07) is 25.9. The number of rotatable bonds is 8. The SMILES string of the molecule is CCc1ccc([C@H]2C(=C(O)c3ccc(OCc4ccccc4)cc3C)C(=O)C(=O)N2Cc2cccnc2)cc1. The maximum atomic E-state index is 13.4. The Morgan fingerprint density at radius 1 is 0.923 bits per heavy atom. The second-order valence-electron chi connectivity index (χ2n) is 9.63. The predicted octanol–water partition coefficient (Wildman–Crippen LogP) is 6.15. The summed E-state index contributed by atoms with van der Waals surface area (Å²) >= 11 is 0. The molecule has 0 bridgehead atoms. The first-order chi connectivity index (χ1) is 19.0. The number of aliphatic hydroxyl groups excluding tert-OH is 1. The number of aromatic nitrogens is 1. The second-order valence-corrected chi connectivity index (χ2v) is 9.63. The van der Waals surface area contributed by atoms with E-state index in [0.717, 1.165) is 34.2 Å². The Morgan fingerprint density at radius 3 is 2.33 bits per heavy atom. The minimum Gasteiger partial charge on any atom is -0.507 e. The van der Waals surface area contributed by atoms with Crippen molar-refractivity contribution in [3.63, 3.8) is 0 Å². The number of aryl methyl sites for hydroxylation is 2. The highest BCUT2D eigenvalue weighted by molar-refractivity contribution is 6.46. The van der Waals surface area contributed by atoms with Gasteiger partial charge in [0.2, 0.25) is 0 Å². The molecule has 1 N–H and O–H groups in total.